The van der Waals surface area contributed by atoms with Crippen LogP contribution < -0.4 is 9.04 Å². The van der Waals surface area contributed by atoms with E-state index >= 15 is 0 Å². The summed E-state index contributed by atoms with van der Waals surface area (Å²) in [6.45, 7) is 3.54. The van der Waals surface area contributed by atoms with Gasteiger partial charge in [-0.2, -0.15) is 0 Å². The van der Waals surface area contributed by atoms with Gasteiger partial charge in [-0.15, -0.1) is 0 Å². The van der Waals surface area contributed by atoms with Gasteiger partial charge in [0.1, 0.15) is 18.2 Å². The maximum atomic E-state index is 13.8. The van der Waals surface area contributed by atoms with Gasteiger partial charge >= 0.3 is 0 Å². The summed E-state index contributed by atoms with van der Waals surface area (Å²) in [5.41, 5.74) is 1.45. The summed E-state index contributed by atoms with van der Waals surface area (Å²) in [5.74, 6) is 1.55. The highest BCUT2D eigenvalue weighted by Crippen LogP contribution is 2.42. The molecule has 1 aromatic heterocycles. The highest BCUT2D eigenvalue weighted by atomic mass is 32.2. The molecule has 2 aromatic carbocycles. The van der Waals surface area contributed by atoms with Gasteiger partial charge in [0, 0.05) is 63.9 Å². The highest BCUT2D eigenvalue weighted by molar-refractivity contribution is 7.92. The Bertz CT molecular complexity index is 1600. The van der Waals surface area contributed by atoms with Gasteiger partial charge in [0.05, 0.1) is 30.5 Å². The minimum Gasteiger partial charge on any atom is -0.492 e. The van der Waals surface area contributed by atoms with E-state index in [-0.39, 0.29) is 11.8 Å². The molecule has 0 N–H and O–H groups in total. The molecule has 2 bridgehead atoms. The zero-order valence-corrected chi connectivity index (χ0v) is 27.9. The number of amides is 2. The first-order chi connectivity index (χ1) is 22.1. The van der Waals surface area contributed by atoms with E-state index in [1.807, 2.05) is 40.3 Å². The molecule has 11 nitrogen and oxygen atoms in total. The van der Waals surface area contributed by atoms with Crippen molar-refractivity contribution in [2.45, 2.75) is 45.1 Å². The fourth-order valence-corrected chi connectivity index (χ4v) is 6.74. The van der Waals surface area contributed by atoms with Crippen LogP contribution in [-0.4, -0.2) is 99.4 Å². The standard InChI is InChI=1S/C34H45N5O6S/c1-36(46(3,42)43)29-13-11-27(12-14-29)32(40)38-18-4-5-19-39(33(41)34(26-44-2)15-7-16-34)23-24-45-30-10-6-9-28(25-30)31-35-17-22-37(31)20-8-21-38/h6,9-14,17,22,25H,4-5,7-8,15-16,18-21,23-24,26H2,1-3H3. The van der Waals surface area contributed by atoms with E-state index in [0.29, 0.717) is 63.6 Å². The van der Waals surface area contributed by atoms with Gasteiger partial charge in [0.15, 0.2) is 0 Å². The number of ether oxygens (including phenoxy) is 2. The number of hydrogen-bond donors (Lipinski definition) is 0. The highest BCUT2D eigenvalue weighted by Gasteiger charge is 2.46. The molecule has 0 atom stereocenters. The van der Waals surface area contributed by atoms with Crippen molar-refractivity contribution in [2.75, 3.05) is 64.1 Å². The number of carbonyl (C=O) groups excluding carboxylic acids is 2. The van der Waals surface area contributed by atoms with Crippen LogP contribution in [0.2, 0.25) is 0 Å². The summed E-state index contributed by atoms with van der Waals surface area (Å²) >= 11 is 0. The van der Waals surface area contributed by atoms with Crippen LogP contribution in [0.25, 0.3) is 11.4 Å². The first kappa shape index (κ1) is 33.5. The van der Waals surface area contributed by atoms with Gasteiger partial charge in [-0.3, -0.25) is 13.9 Å². The molecule has 12 heteroatoms. The van der Waals surface area contributed by atoms with Crippen LogP contribution in [0.15, 0.2) is 60.9 Å². The molecular weight excluding hydrogens is 606 g/mol. The van der Waals surface area contributed by atoms with E-state index < -0.39 is 15.4 Å². The Morgan fingerprint density at radius 2 is 1.67 bits per heavy atom. The monoisotopic (exact) mass is 651 g/mol. The average Bonchev–Trinajstić information content (AvgIpc) is 3.50. The first-order valence-corrected chi connectivity index (χ1v) is 17.8. The number of methoxy groups -OCH3 is 1. The third-order valence-corrected chi connectivity index (χ3v) is 10.3. The second kappa shape index (κ2) is 14.7. The number of anilines is 1. The molecule has 5 rings (SSSR count). The predicted octanol–water partition coefficient (Wildman–Crippen LogP) is 4.30. The molecule has 248 valence electrons. The number of carbonyl (C=O) groups is 2. The summed E-state index contributed by atoms with van der Waals surface area (Å²) in [6, 6.07) is 14.5. The van der Waals surface area contributed by atoms with Gasteiger partial charge < -0.3 is 23.8 Å². The van der Waals surface area contributed by atoms with Gasteiger partial charge in [-0.05, 0) is 68.5 Å². The number of nitrogens with zero attached hydrogens (tertiary/aromatic N) is 5. The molecule has 0 saturated heterocycles. The number of sulfonamides is 1. The molecule has 46 heavy (non-hydrogen) atoms. The van der Waals surface area contributed by atoms with Crippen molar-refractivity contribution < 1.29 is 27.5 Å². The lowest BCUT2D eigenvalue weighted by atomic mass is 9.68. The Kier molecular flexibility index (Phi) is 10.7. The quantitative estimate of drug-likeness (QED) is 0.391. The smallest absolute Gasteiger partial charge is 0.253 e. The summed E-state index contributed by atoms with van der Waals surface area (Å²) < 4.78 is 38.9. The Labute approximate surface area is 272 Å². The van der Waals surface area contributed by atoms with Crippen molar-refractivity contribution in [1.82, 2.24) is 19.4 Å². The van der Waals surface area contributed by atoms with Crippen molar-refractivity contribution in [3.63, 3.8) is 0 Å². The summed E-state index contributed by atoms with van der Waals surface area (Å²) in [5, 5.41) is 0. The molecule has 2 amide bonds. The number of hydrogen-bond acceptors (Lipinski definition) is 7. The normalized spacial score (nSPS) is 17.6. The van der Waals surface area contributed by atoms with Crippen molar-refractivity contribution in [1.29, 1.82) is 0 Å². The number of fused-ring (bicyclic) bond motifs is 4. The van der Waals surface area contributed by atoms with Gasteiger partial charge in [-0.25, -0.2) is 13.4 Å². The second-order valence-electron chi connectivity index (χ2n) is 12.3. The molecule has 3 aromatic rings. The molecule has 0 radical (unpaired) electrons. The van der Waals surface area contributed by atoms with Crippen LogP contribution >= 0.6 is 0 Å². The van der Waals surface area contributed by atoms with Crippen molar-refractivity contribution >= 4 is 27.5 Å². The lowest BCUT2D eigenvalue weighted by Crippen LogP contribution is -2.51. The molecule has 0 spiro atoms. The van der Waals surface area contributed by atoms with Gasteiger partial charge in [-0.1, -0.05) is 18.6 Å². The topological polar surface area (TPSA) is 114 Å². The molecule has 2 aliphatic rings. The number of imidazole rings is 1. The summed E-state index contributed by atoms with van der Waals surface area (Å²) in [7, 11) is -0.279. The SMILES string of the molecule is COCC1(C(=O)N2CCCCN(C(=O)c3ccc(N(C)S(C)(=O)=O)cc3)CCCn3ccnc3-c3cccc(c3)OCC2)CCC1. The fraction of sp³-hybridized carbons (Fsp3) is 0.500. The number of rotatable bonds is 6. The zero-order valence-electron chi connectivity index (χ0n) is 27.1. The Balaban J connectivity index is 1.37. The third-order valence-electron chi connectivity index (χ3n) is 9.11. The maximum Gasteiger partial charge on any atom is 0.253 e. The van der Waals surface area contributed by atoms with Crippen molar-refractivity contribution in [3.05, 3.63) is 66.5 Å². The van der Waals surface area contributed by atoms with E-state index in [9.17, 15) is 18.0 Å². The van der Waals surface area contributed by atoms with E-state index in [1.54, 1.807) is 37.6 Å². The van der Waals surface area contributed by atoms with Gasteiger partial charge in [0.2, 0.25) is 15.9 Å². The molecular formula is C34H45N5O6S. The van der Waals surface area contributed by atoms with E-state index in [2.05, 4.69) is 9.55 Å². The summed E-state index contributed by atoms with van der Waals surface area (Å²) in [6.07, 6.45) is 9.71. The van der Waals surface area contributed by atoms with Crippen LogP contribution in [-0.2, 0) is 26.1 Å². The lowest BCUT2D eigenvalue weighted by Gasteiger charge is -2.43. The minimum atomic E-state index is -3.41. The molecule has 2 heterocycles. The Morgan fingerprint density at radius 1 is 0.957 bits per heavy atom. The minimum absolute atomic E-state index is 0.111. The Hall–Kier alpha value is -3.90. The molecule has 0 unspecified atom stereocenters. The third kappa shape index (κ3) is 7.72. The Morgan fingerprint density at radius 3 is 2.35 bits per heavy atom. The fourth-order valence-electron chi connectivity index (χ4n) is 6.24. The maximum absolute atomic E-state index is 13.8. The number of aryl methyl sites for hydroxylation is 1. The van der Waals surface area contributed by atoms with Crippen LogP contribution in [0.5, 0.6) is 5.75 Å². The van der Waals surface area contributed by atoms with Crippen LogP contribution in [0.1, 0.15) is 48.9 Å². The van der Waals surface area contributed by atoms with Crippen molar-refractivity contribution in [2.24, 2.45) is 5.41 Å². The van der Waals surface area contributed by atoms with Crippen molar-refractivity contribution in [3.8, 4) is 17.1 Å². The molecule has 1 fully saturated rings. The number of aromatic nitrogens is 2. The van der Waals surface area contributed by atoms with Crippen LogP contribution in [0.3, 0.4) is 0 Å². The predicted molar refractivity (Wildman–Crippen MR) is 177 cm³/mol. The van der Waals surface area contributed by atoms with Crippen LogP contribution in [0, 0.1) is 5.41 Å². The second-order valence-corrected chi connectivity index (χ2v) is 14.3. The van der Waals surface area contributed by atoms with E-state index in [4.69, 9.17) is 9.47 Å². The van der Waals surface area contributed by atoms with E-state index in [0.717, 1.165) is 55.5 Å². The zero-order chi connectivity index (χ0) is 32.7. The molecule has 1 aliphatic heterocycles. The van der Waals surface area contributed by atoms with E-state index in [1.165, 1.54) is 11.4 Å². The molecule has 1 aliphatic carbocycles. The largest absolute Gasteiger partial charge is 0.492 e. The van der Waals surface area contributed by atoms with Crippen LogP contribution in [0.4, 0.5) is 5.69 Å². The molecule has 1 saturated carbocycles. The average molecular weight is 652 g/mol. The number of benzene rings is 2. The first-order valence-electron chi connectivity index (χ1n) is 16.0. The summed E-state index contributed by atoms with van der Waals surface area (Å²) in [4.78, 5) is 36.0. The lowest BCUT2D eigenvalue weighted by molar-refractivity contribution is -0.152. The van der Waals surface area contributed by atoms with Gasteiger partial charge in [0.25, 0.3) is 5.91 Å².